The molecule has 124 valence electrons. The Bertz CT molecular complexity index is 447. The van der Waals surface area contributed by atoms with Crippen molar-refractivity contribution in [2.45, 2.75) is 18.3 Å². The number of rotatable bonds is 6. The van der Waals surface area contributed by atoms with Gasteiger partial charge in [0.1, 0.15) is 0 Å². The minimum absolute atomic E-state index is 0.189. The molecule has 1 heterocycles. The van der Waals surface area contributed by atoms with E-state index in [-0.39, 0.29) is 19.0 Å². The summed E-state index contributed by atoms with van der Waals surface area (Å²) in [6.45, 7) is 1.43. The number of amides is 1. The normalized spacial score (nSPS) is 18.6. The van der Waals surface area contributed by atoms with Gasteiger partial charge in [-0.25, -0.2) is 17.9 Å². The summed E-state index contributed by atoms with van der Waals surface area (Å²) in [5.41, 5.74) is -5.29. The van der Waals surface area contributed by atoms with Gasteiger partial charge in [0.25, 0.3) is 0 Å². The Labute approximate surface area is 120 Å². The molecule has 1 amide bonds. The highest BCUT2D eigenvalue weighted by molar-refractivity contribution is 7.90. The second-order valence-corrected chi connectivity index (χ2v) is 6.57. The van der Waals surface area contributed by atoms with E-state index in [9.17, 15) is 26.4 Å². The van der Waals surface area contributed by atoms with E-state index in [4.69, 9.17) is 5.11 Å². The number of piperidine rings is 1. The fourth-order valence-electron chi connectivity index (χ4n) is 2.07. The van der Waals surface area contributed by atoms with E-state index in [0.717, 1.165) is 0 Å². The van der Waals surface area contributed by atoms with Gasteiger partial charge in [-0.15, -0.1) is 0 Å². The van der Waals surface area contributed by atoms with Crippen LogP contribution in [0.2, 0.25) is 0 Å². The molecule has 21 heavy (non-hydrogen) atoms. The first kappa shape index (κ1) is 18.0. The molecule has 7 nitrogen and oxygen atoms in total. The molecule has 1 saturated heterocycles. The fourth-order valence-corrected chi connectivity index (χ4v) is 2.59. The summed E-state index contributed by atoms with van der Waals surface area (Å²) < 4.78 is 59.3. The molecule has 0 aliphatic carbocycles. The zero-order chi connectivity index (χ0) is 16.1. The van der Waals surface area contributed by atoms with Gasteiger partial charge in [-0.05, 0) is 31.8 Å². The summed E-state index contributed by atoms with van der Waals surface area (Å²) >= 11 is 0. The van der Waals surface area contributed by atoms with Crippen molar-refractivity contribution in [3.05, 3.63) is 0 Å². The van der Waals surface area contributed by atoms with Gasteiger partial charge in [0.05, 0.1) is 0 Å². The van der Waals surface area contributed by atoms with Crippen LogP contribution in [0.4, 0.5) is 18.0 Å². The third-order valence-electron chi connectivity index (χ3n) is 3.27. The second kappa shape index (κ2) is 7.27. The molecule has 0 spiro atoms. The predicted octanol–water partition coefficient (Wildman–Crippen LogP) is 0.405. The zero-order valence-corrected chi connectivity index (χ0v) is 12.0. The number of nitrogens with one attached hydrogen (secondary N) is 2. The molecule has 0 aromatic heterocycles. The molecule has 1 aliphatic heterocycles. The number of carboxylic acid groups (broad SMARTS) is 1. The molecule has 1 fully saturated rings. The first-order valence-electron chi connectivity index (χ1n) is 6.37. The minimum atomic E-state index is -5.29. The van der Waals surface area contributed by atoms with Crippen LogP contribution >= 0.6 is 0 Å². The van der Waals surface area contributed by atoms with Gasteiger partial charge in [0.15, 0.2) is 0 Å². The highest BCUT2D eigenvalue weighted by atomic mass is 32.2. The van der Waals surface area contributed by atoms with E-state index in [0.29, 0.717) is 32.5 Å². The summed E-state index contributed by atoms with van der Waals surface area (Å²) in [4.78, 5) is 12.2. The molecule has 3 N–H and O–H groups in total. The van der Waals surface area contributed by atoms with Gasteiger partial charge in [0.2, 0.25) is 0 Å². The highest BCUT2D eigenvalue weighted by Crippen LogP contribution is 2.21. The number of hydrogen-bond acceptors (Lipinski definition) is 4. The molecular formula is C10H18F3N3O4S. The van der Waals surface area contributed by atoms with Crippen LogP contribution in [0, 0.1) is 5.92 Å². The van der Waals surface area contributed by atoms with Crippen LogP contribution in [-0.2, 0) is 10.0 Å². The van der Waals surface area contributed by atoms with Gasteiger partial charge in [-0.3, -0.25) is 0 Å². The van der Waals surface area contributed by atoms with E-state index >= 15 is 0 Å². The lowest BCUT2D eigenvalue weighted by Gasteiger charge is -2.31. The average molecular weight is 333 g/mol. The third kappa shape index (κ3) is 6.06. The van der Waals surface area contributed by atoms with Crippen molar-refractivity contribution in [2.75, 3.05) is 32.7 Å². The quantitative estimate of drug-likeness (QED) is 0.654. The van der Waals surface area contributed by atoms with Gasteiger partial charge < -0.3 is 15.3 Å². The Kier molecular flexibility index (Phi) is 6.23. The van der Waals surface area contributed by atoms with Crippen LogP contribution in [0.15, 0.2) is 0 Å². The second-order valence-electron chi connectivity index (χ2n) is 4.81. The van der Waals surface area contributed by atoms with Crippen molar-refractivity contribution in [1.82, 2.24) is 14.9 Å². The fraction of sp³-hybridized carbons (Fsp3) is 0.900. The summed E-state index contributed by atoms with van der Waals surface area (Å²) in [5.74, 6) is 0.198. The van der Waals surface area contributed by atoms with Crippen LogP contribution in [0.5, 0.6) is 0 Å². The van der Waals surface area contributed by atoms with Crippen molar-refractivity contribution >= 4 is 16.1 Å². The Morgan fingerprint density at radius 2 is 1.86 bits per heavy atom. The monoisotopic (exact) mass is 333 g/mol. The Hall–Kier alpha value is -1.07. The Morgan fingerprint density at radius 3 is 2.33 bits per heavy atom. The molecule has 0 aromatic rings. The number of carbonyl (C=O) groups is 1. The number of sulfonamides is 1. The van der Waals surface area contributed by atoms with Gasteiger partial charge >= 0.3 is 21.6 Å². The van der Waals surface area contributed by atoms with Crippen LogP contribution in [0.1, 0.15) is 12.8 Å². The molecule has 1 rings (SSSR count). The van der Waals surface area contributed by atoms with Crippen molar-refractivity contribution < 1.29 is 31.5 Å². The van der Waals surface area contributed by atoms with Crippen molar-refractivity contribution in [1.29, 1.82) is 0 Å². The van der Waals surface area contributed by atoms with Crippen LogP contribution < -0.4 is 10.0 Å². The topological polar surface area (TPSA) is 98.7 Å². The molecular weight excluding hydrogens is 315 g/mol. The highest BCUT2D eigenvalue weighted by Gasteiger charge is 2.45. The van der Waals surface area contributed by atoms with Gasteiger partial charge in [-0.2, -0.15) is 13.2 Å². The van der Waals surface area contributed by atoms with Crippen LogP contribution in [0.3, 0.4) is 0 Å². The maximum absolute atomic E-state index is 12.1. The molecule has 0 aromatic carbocycles. The van der Waals surface area contributed by atoms with Crippen LogP contribution in [0.25, 0.3) is 0 Å². The number of nitrogens with zero attached hydrogens (tertiary/aromatic N) is 1. The lowest BCUT2D eigenvalue weighted by atomic mass is 9.97. The SMILES string of the molecule is O=C(O)NCC1CCN(CCNS(=O)(=O)C(F)(F)F)CC1. The lowest BCUT2D eigenvalue weighted by Crippen LogP contribution is -2.44. The molecule has 0 bridgehead atoms. The number of likely N-dealkylation sites (tertiary alicyclic amines) is 1. The average Bonchev–Trinajstić information content (AvgIpc) is 2.36. The molecule has 11 heteroatoms. The smallest absolute Gasteiger partial charge is 0.465 e. The summed E-state index contributed by atoms with van der Waals surface area (Å²) in [7, 11) is -5.28. The maximum atomic E-state index is 12.1. The first-order valence-corrected chi connectivity index (χ1v) is 7.85. The Morgan fingerprint density at radius 1 is 1.29 bits per heavy atom. The predicted molar refractivity (Wildman–Crippen MR) is 68.2 cm³/mol. The van der Waals surface area contributed by atoms with E-state index in [2.05, 4.69) is 5.32 Å². The third-order valence-corrected chi connectivity index (χ3v) is 4.47. The summed E-state index contributed by atoms with van der Waals surface area (Å²) in [5, 5.41) is 10.8. The van der Waals surface area contributed by atoms with E-state index in [1.807, 2.05) is 4.90 Å². The van der Waals surface area contributed by atoms with E-state index in [1.165, 1.54) is 4.72 Å². The van der Waals surface area contributed by atoms with Gasteiger partial charge in [0, 0.05) is 19.6 Å². The minimum Gasteiger partial charge on any atom is -0.465 e. The van der Waals surface area contributed by atoms with E-state index < -0.39 is 21.6 Å². The largest absolute Gasteiger partial charge is 0.511 e. The summed E-state index contributed by atoms with van der Waals surface area (Å²) in [6.07, 6.45) is 0.345. The standard InChI is InChI=1S/C10H18F3N3O4S/c11-10(12,13)21(19,20)15-3-6-16-4-1-8(2-5-16)7-14-9(17)18/h8,14-15H,1-7H2,(H,17,18). The van der Waals surface area contributed by atoms with Gasteiger partial charge in [-0.1, -0.05) is 0 Å². The van der Waals surface area contributed by atoms with Crippen molar-refractivity contribution in [3.63, 3.8) is 0 Å². The number of hydrogen-bond donors (Lipinski definition) is 3. The Balaban J connectivity index is 2.23. The molecule has 0 saturated carbocycles. The number of alkyl halides is 3. The molecule has 0 unspecified atom stereocenters. The van der Waals surface area contributed by atoms with Crippen LogP contribution in [-0.4, -0.2) is 62.7 Å². The lowest BCUT2D eigenvalue weighted by molar-refractivity contribution is -0.0448. The first-order chi connectivity index (χ1) is 9.62. The van der Waals surface area contributed by atoms with Crippen molar-refractivity contribution in [2.24, 2.45) is 5.92 Å². The maximum Gasteiger partial charge on any atom is 0.511 e. The molecule has 0 radical (unpaired) electrons. The molecule has 0 atom stereocenters. The summed E-state index contributed by atoms with van der Waals surface area (Å²) in [6, 6.07) is 0. The van der Waals surface area contributed by atoms with Crippen molar-refractivity contribution in [3.8, 4) is 0 Å². The zero-order valence-electron chi connectivity index (χ0n) is 11.2. The number of halogens is 3. The molecule has 1 aliphatic rings. The van der Waals surface area contributed by atoms with E-state index in [1.54, 1.807) is 0 Å².